The van der Waals surface area contributed by atoms with Crippen molar-refractivity contribution >= 4 is 0 Å². The highest BCUT2D eigenvalue weighted by atomic mass is 19.3. The van der Waals surface area contributed by atoms with E-state index in [1.54, 1.807) is 12.1 Å². The predicted molar refractivity (Wildman–Crippen MR) is 54.3 cm³/mol. The molecule has 1 saturated heterocycles. The topological polar surface area (TPSA) is 36.9 Å². The van der Waals surface area contributed by atoms with Crippen LogP contribution >= 0.6 is 0 Å². The van der Waals surface area contributed by atoms with Crippen molar-refractivity contribution in [3.05, 3.63) is 23.8 Å². The third-order valence-electron chi connectivity index (χ3n) is 2.30. The molecular weight excluding hydrogens is 234 g/mol. The number of ether oxygens (including phenoxy) is 4. The van der Waals surface area contributed by atoms with Gasteiger partial charge in [0.05, 0.1) is 20.3 Å². The molecular formula is C11H12F2O4. The summed E-state index contributed by atoms with van der Waals surface area (Å²) in [5, 5.41) is 0. The minimum Gasteiger partial charge on any atom is -0.493 e. The minimum absolute atomic E-state index is 0.00996. The summed E-state index contributed by atoms with van der Waals surface area (Å²) in [6.07, 6.45) is -0.468. The van der Waals surface area contributed by atoms with E-state index in [4.69, 9.17) is 14.2 Å². The van der Waals surface area contributed by atoms with E-state index in [9.17, 15) is 8.78 Å². The second kappa shape index (κ2) is 5.29. The lowest BCUT2D eigenvalue weighted by Crippen LogP contribution is -2.05. The Morgan fingerprint density at radius 3 is 2.53 bits per heavy atom. The Balaban J connectivity index is 2.20. The summed E-state index contributed by atoms with van der Waals surface area (Å²) >= 11 is 0. The summed E-state index contributed by atoms with van der Waals surface area (Å²) in [6, 6.07) is 4.58. The molecule has 0 aromatic heterocycles. The van der Waals surface area contributed by atoms with Crippen molar-refractivity contribution in [3.63, 3.8) is 0 Å². The van der Waals surface area contributed by atoms with E-state index in [0.717, 1.165) is 0 Å². The third kappa shape index (κ3) is 2.83. The Morgan fingerprint density at radius 1 is 1.24 bits per heavy atom. The molecule has 1 aliphatic rings. The molecule has 0 amide bonds. The zero-order chi connectivity index (χ0) is 12.3. The number of alkyl halides is 2. The lowest BCUT2D eigenvalue weighted by atomic mass is 10.2. The Bertz CT molecular complexity index is 378. The summed E-state index contributed by atoms with van der Waals surface area (Å²) in [7, 11) is 1.38. The summed E-state index contributed by atoms with van der Waals surface area (Å²) in [6.45, 7) is -1.85. The first-order valence-electron chi connectivity index (χ1n) is 5.06. The zero-order valence-corrected chi connectivity index (χ0v) is 9.19. The average molecular weight is 246 g/mol. The van der Waals surface area contributed by atoms with Gasteiger partial charge in [-0.2, -0.15) is 8.78 Å². The highest BCUT2D eigenvalue weighted by Crippen LogP contribution is 2.33. The first-order valence-corrected chi connectivity index (χ1v) is 5.06. The van der Waals surface area contributed by atoms with Crippen LogP contribution in [0.15, 0.2) is 18.2 Å². The number of benzene rings is 1. The van der Waals surface area contributed by atoms with Gasteiger partial charge in [-0.1, -0.05) is 0 Å². The number of rotatable bonds is 4. The van der Waals surface area contributed by atoms with Crippen LogP contribution in [0.5, 0.6) is 11.5 Å². The fourth-order valence-electron chi connectivity index (χ4n) is 1.57. The summed E-state index contributed by atoms with van der Waals surface area (Å²) < 4.78 is 44.1. The molecule has 94 valence electrons. The van der Waals surface area contributed by atoms with Crippen LogP contribution in [0.1, 0.15) is 11.9 Å². The van der Waals surface area contributed by atoms with Crippen molar-refractivity contribution in [2.24, 2.45) is 0 Å². The average Bonchev–Trinajstić information content (AvgIpc) is 2.82. The molecule has 1 heterocycles. The Morgan fingerprint density at radius 2 is 1.94 bits per heavy atom. The highest BCUT2D eigenvalue weighted by molar-refractivity contribution is 5.43. The molecule has 1 aromatic carbocycles. The maximum absolute atomic E-state index is 12.1. The van der Waals surface area contributed by atoms with Gasteiger partial charge in [0.2, 0.25) is 0 Å². The highest BCUT2D eigenvalue weighted by Gasteiger charge is 2.20. The van der Waals surface area contributed by atoms with Crippen molar-refractivity contribution in [2.45, 2.75) is 12.9 Å². The zero-order valence-electron chi connectivity index (χ0n) is 9.19. The third-order valence-corrected chi connectivity index (χ3v) is 2.30. The summed E-state index contributed by atoms with van der Waals surface area (Å²) in [5.74, 6) is 0.214. The van der Waals surface area contributed by atoms with Gasteiger partial charge in [-0.25, -0.2) is 0 Å². The smallest absolute Gasteiger partial charge is 0.387 e. The van der Waals surface area contributed by atoms with E-state index in [2.05, 4.69) is 4.74 Å². The summed E-state index contributed by atoms with van der Waals surface area (Å²) in [4.78, 5) is 0. The van der Waals surface area contributed by atoms with E-state index < -0.39 is 12.9 Å². The van der Waals surface area contributed by atoms with Crippen molar-refractivity contribution < 1.29 is 27.7 Å². The minimum atomic E-state index is -2.88. The van der Waals surface area contributed by atoms with Gasteiger partial charge < -0.3 is 18.9 Å². The quantitative estimate of drug-likeness (QED) is 0.817. The van der Waals surface area contributed by atoms with Gasteiger partial charge in [0.15, 0.2) is 17.8 Å². The maximum Gasteiger partial charge on any atom is 0.387 e. The van der Waals surface area contributed by atoms with E-state index in [1.807, 2.05) is 0 Å². The lowest BCUT2D eigenvalue weighted by molar-refractivity contribution is -0.0520. The van der Waals surface area contributed by atoms with Crippen LogP contribution in [0.2, 0.25) is 0 Å². The molecule has 0 unspecified atom stereocenters. The van der Waals surface area contributed by atoms with Crippen LogP contribution in [0.4, 0.5) is 8.78 Å². The van der Waals surface area contributed by atoms with Crippen LogP contribution < -0.4 is 9.47 Å². The van der Waals surface area contributed by atoms with Crippen molar-refractivity contribution in [2.75, 3.05) is 20.3 Å². The number of halogens is 2. The summed E-state index contributed by atoms with van der Waals surface area (Å²) in [5.41, 5.74) is 0.709. The maximum atomic E-state index is 12.1. The van der Waals surface area contributed by atoms with Crippen molar-refractivity contribution in [1.29, 1.82) is 0 Å². The Hall–Kier alpha value is -1.40. The molecule has 17 heavy (non-hydrogen) atoms. The van der Waals surface area contributed by atoms with Crippen LogP contribution in [0.25, 0.3) is 0 Å². The molecule has 1 aromatic rings. The van der Waals surface area contributed by atoms with Crippen molar-refractivity contribution in [3.8, 4) is 11.5 Å². The van der Waals surface area contributed by atoms with Crippen LogP contribution in [-0.4, -0.2) is 26.9 Å². The molecule has 2 rings (SSSR count). The van der Waals surface area contributed by atoms with Crippen LogP contribution in [0, 0.1) is 0 Å². The van der Waals surface area contributed by atoms with Gasteiger partial charge in [-0.05, 0) is 18.2 Å². The first kappa shape index (κ1) is 12.1. The lowest BCUT2D eigenvalue weighted by Gasteiger charge is -2.14. The largest absolute Gasteiger partial charge is 0.493 e. The van der Waals surface area contributed by atoms with Gasteiger partial charge in [-0.15, -0.1) is 0 Å². The van der Waals surface area contributed by atoms with Crippen LogP contribution in [0.3, 0.4) is 0 Å². The van der Waals surface area contributed by atoms with E-state index in [1.165, 1.54) is 13.2 Å². The second-order valence-corrected chi connectivity index (χ2v) is 3.36. The standard InChI is InChI=1S/C11H12F2O4/c1-14-9-6-7(10-15-4-5-16-10)2-3-8(9)17-11(12)13/h2-3,6,10-11H,4-5H2,1H3. The number of hydrogen-bond donors (Lipinski definition) is 0. The monoisotopic (exact) mass is 246 g/mol. The fraction of sp³-hybridized carbons (Fsp3) is 0.455. The SMILES string of the molecule is COc1cc(C2OCCO2)ccc1OC(F)F. The van der Waals surface area contributed by atoms with E-state index >= 15 is 0 Å². The van der Waals surface area contributed by atoms with Gasteiger partial charge in [-0.3, -0.25) is 0 Å². The van der Waals surface area contributed by atoms with Gasteiger partial charge >= 0.3 is 6.61 Å². The van der Waals surface area contributed by atoms with Gasteiger partial charge in [0.25, 0.3) is 0 Å². The molecule has 1 aliphatic heterocycles. The molecule has 0 radical (unpaired) electrons. The molecule has 0 N–H and O–H groups in total. The normalized spacial score (nSPS) is 16.5. The predicted octanol–water partition coefficient (Wildman–Crippen LogP) is 2.34. The van der Waals surface area contributed by atoms with Gasteiger partial charge in [0.1, 0.15) is 0 Å². The first-order chi connectivity index (χ1) is 8.20. The number of methoxy groups -OCH3 is 1. The fourth-order valence-corrected chi connectivity index (χ4v) is 1.57. The van der Waals surface area contributed by atoms with E-state index in [-0.39, 0.29) is 11.5 Å². The Kier molecular flexibility index (Phi) is 3.75. The molecule has 4 nitrogen and oxygen atoms in total. The molecule has 0 atom stereocenters. The molecule has 0 bridgehead atoms. The molecule has 0 saturated carbocycles. The second-order valence-electron chi connectivity index (χ2n) is 3.36. The Labute approximate surface area is 97.0 Å². The molecule has 0 aliphatic carbocycles. The van der Waals surface area contributed by atoms with Crippen LogP contribution in [-0.2, 0) is 9.47 Å². The molecule has 1 fully saturated rings. The molecule has 0 spiro atoms. The van der Waals surface area contributed by atoms with Gasteiger partial charge in [0, 0.05) is 5.56 Å². The molecule has 6 heteroatoms. The number of hydrogen-bond acceptors (Lipinski definition) is 4. The van der Waals surface area contributed by atoms with E-state index in [0.29, 0.717) is 18.8 Å². The van der Waals surface area contributed by atoms with Crippen molar-refractivity contribution in [1.82, 2.24) is 0 Å².